The summed E-state index contributed by atoms with van der Waals surface area (Å²) in [5, 5.41) is -0.868. The summed E-state index contributed by atoms with van der Waals surface area (Å²) >= 11 is 2.97. The van der Waals surface area contributed by atoms with Crippen molar-refractivity contribution in [3.05, 3.63) is 0 Å². The van der Waals surface area contributed by atoms with E-state index in [-0.39, 0.29) is 0 Å². The normalized spacial score (nSPS) is 27.2. The van der Waals surface area contributed by atoms with Crippen LogP contribution >= 0.6 is 11.6 Å². The van der Waals surface area contributed by atoms with E-state index in [1.807, 2.05) is 0 Å². The Bertz CT molecular complexity index is 122. The number of hydrogen-bond acceptors (Lipinski definition) is 3. The van der Waals surface area contributed by atoms with E-state index in [2.05, 4.69) is 4.18 Å². The van der Waals surface area contributed by atoms with Crippen molar-refractivity contribution in [1.82, 2.24) is 0 Å². The van der Waals surface area contributed by atoms with Gasteiger partial charge in [-0.2, -0.15) is 0 Å². The lowest BCUT2D eigenvalue weighted by Gasteiger charge is -2.08. The van der Waals surface area contributed by atoms with Crippen LogP contribution in [0.4, 0.5) is 0 Å². The topological polar surface area (TPSA) is 49.4 Å². The first-order valence-corrected chi connectivity index (χ1v) is 3.48. The number of rotatable bonds is 2. The van der Waals surface area contributed by atoms with Gasteiger partial charge in [-0.15, -0.1) is 0 Å². The Morgan fingerprint density at radius 2 is 2.25 bits per heavy atom. The molecule has 0 aromatic heterocycles. The fourth-order valence-corrected chi connectivity index (χ4v) is 0.963. The molecule has 0 saturated heterocycles. The standard InChI is InChI=1S/C3H5ClO3S/c4-3(1-2-3)7-8(5)6/h1-2H2,(H,5,6)/p-1. The Morgan fingerprint density at radius 1 is 1.75 bits per heavy atom. The van der Waals surface area contributed by atoms with Gasteiger partial charge < -0.3 is 4.55 Å². The van der Waals surface area contributed by atoms with E-state index in [0.717, 1.165) is 0 Å². The Hall–Kier alpha value is 0.360. The third-order valence-electron chi connectivity index (χ3n) is 0.860. The second-order valence-corrected chi connectivity index (χ2v) is 2.93. The molecule has 0 aromatic carbocycles. The zero-order chi connectivity index (χ0) is 6.20. The van der Waals surface area contributed by atoms with E-state index < -0.39 is 16.4 Å². The largest absolute Gasteiger partial charge is 0.750 e. The maximum atomic E-state index is 9.75. The zero-order valence-corrected chi connectivity index (χ0v) is 5.50. The molecule has 0 heterocycles. The van der Waals surface area contributed by atoms with Gasteiger partial charge in [0.25, 0.3) is 0 Å². The minimum absolute atomic E-state index is 0.628. The molecule has 48 valence electrons. The van der Waals surface area contributed by atoms with E-state index in [4.69, 9.17) is 11.6 Å². The summed E-state index contributed by atoms with van der Waals surface area (Å²) in [6.07, 6.45) is 1.26. The van der Waals surface area contributed by atoms with Crippen LogP contribution in [0.3, 0.4) is 0 Å². The molecule has 1 aliphatic carbocycles. The molecule has 1 atom stereocenters. The van der Waals surface area contributed by atoms with Crippen LogP contribution in [0.25, 0.3) is 0 Å². The van der Waals surface area contributed by atoms with Gasteiger partial charge in [0, 0.05) is 0 Å². The molecule has 0 N–H and O–H groups in total. The highest BCUT2D eigenvalue weighted by Crippen LogP contribution is 2.43. The van der Waals surface area contributed by atoms with Gasteiger partial charge in [-0.25, -0.2) is 4.21 Å². The maximum Gasteiger partial charge on any atom is 0.157 e. The van der Waals surface area contributed by atoms with E-state index in [9.17, 15) is 8.76 Å². The molecule has 0 radical (unpaired) electrons. The predicted octanol–water partition coefficient (Wildman–Crippen LogP) is 0.526. The van der Waals surface area contributed by atoms with Crippen molar-refractivity contribution in [3.63, 3.8) is 0 Å². The van der Waals surface area contributed by atoms with Crippen molar-refractivity contribution in [2.45, 2.75) is 17.9 Å². The summed E-state index contributed by atoms with van der Waals surface area (Å²) in [7, 11) is 0. The molecule has 0 bridgehead atoms. The Morgan fingerprint density at radius 3 is 2.38 bits per heavy atom. The molecule has 3 nitrogen and oxygen atoms in total. The molecule has 0 aliphatic heterocycles. The third kappa shape index (κ3) is 1.70. The second kappa shape index (κ2) is 1.95. The lowest BCUT2D eigenvalue weighted by molar-refractivity contribution is 0.256. The molecule has 1 fully saturated rings. The van der Waals surface area contributed by atoms with Crippen LogP contribution in [0.5, 0.6) is 0 Å². The van der Waals surface area contributed by atoms with Crippen molar-refractivity contribution < 1.29 is 12.9 Å². The van der Waals surface area contributed by atoms with E-state index in [1.54, 1.807) is 0 Å². The molecule has 0 amide bonds. The molecule has 0 aromatic rings. The molecule has 1 unspecified atom stereocenters. The summed E-state index contributed by atoms with van der Waals surface area (Å²) in [4.78, 5) is 0. The smallest absolute Gasteiger partial charge is 0.157 e. The number of hydrogen-bond donors (Lipinski definition) is 0. The molecule has 1 aliphatic rings. The highest BCUT2D eigenvalue weighted by Gasteiger charge is 2.42. The molecular weight excluding hydrogens is 152 g/mol. The Balaban J connectivity index is 2.29. The molecular formula is C3H4ClO3S-. The average Bonchev–Trinajstić information content (AvgIpc) is 2.17. The van der Waals surface area contributed by atoms with Crippen LogP contribution in [0, 0.1) is 0 Å². The lowest BCUT2D eigenvalue weighted by Crippen LogP contribution is -2.06. The zero-order valence-electron chi connectivity index (χ0n) is 3.93. The number of alkyl halides is 1. The lowest BCUT2D eigenvalue weighted by atomic mass is 10.8. The maximum absolute atomic E-state index is 9.75. The van der Waals surface area contributed by atoms with Gasteiger partial charge >= 0.3 is 0 Å². The van der Waals surface area contributed by atoms with Crippen LogP contribution in [0.1, 0.15) is 12.8 Å². The van der Waals surface area contributed by atoms with Crippen LogP contribution in [-0.4, -0.2) is 13.8 Å². The summed E-state index contributed by atoms with van der Waals surface area (Å²) < 4.78 is 23.7. The minimum atomic E-state index is -2.45. The first kappa shape index (κ1) is 6.48. The predicted molar refractivity (Wildman–Crippen MR) is 27.8 cm³/mol. The van der Waals surface area contributed by atoms with Crippen molar-refractivity contribution in [3.8, 4) is 0 Å². The average molecular weight is 156 g/mol. The molecule has 8 heavy (non-hydrogen) atoms. The van der Waals surface area contributed by atoms with Gasteiger partial charge in [-0.1, -0.05) is 11.6 Å². The summed E-state index contributed by atoms with van der Waals surface area (Å²) in [5.41, 5.74) is 0. The van der Waals surface area contributed by atoms with Crippen molar-refractivity contribution >= 4 is 23.0 Å². The fourth-order valence-electron chi connectivity index (χ4n) is 0.304. The van der Waals surface area contributed by atoms with Gasteiger partial charge in [-0.3, -0.25) is 4.18 Å². The third-order valence-corrected chi connectivity index (χ3v) is 1.86. The fraction of sp³-hybridized carbons (Fsp3) is 1.00. The SMILES string of the molecule is O=S([O-])OC1(Cl)CC1. The van der Waals surface area contributed by atoms with Gasteiger partial charge in [0.1, 0.15) is 0 Å². The first-order chi connectivity index (χ1) is 3.62. The molecule has 1 rings (SSSR count). The number of halogens is 1. The highest BCUT2D eigenvalue weighted by atomic mass is 35.5. The van der Waals surface area contributed by atoms with Gasteiger partial charge in [0.15, 0.2) is 5.06 Å². The monoisotopic (exact) mass is 155 g/mol. The summed E-state index contributed by atoms with van der Waals surface area (Å²) in [6.45, 7) is 0. The molecule has 0 spiro atoms. The Kier molecular flexibility index (Phi) is 1.58. The van der Waals surface area contributed by atoms with Gasteiger partial charge in [0.05, 0.1) is 11.4 Å². The van der Waals surface area contributed by atoms with Crippen LogP contribution in [0.2, 0.25) is 0 Å². The second-order valence-electron chi connectivity index (χ2n) is 1.67. The Labute approximate surface area is 54.5 Å². The van der Waals surface area contributed by atoms with E-state index >= 15 is 0 Å². The summed E-state index contributed by atoms with van der Waals surface area (Å²) in [6, 6.07) is 0. The quantitative estimate of drug-likeness (QED) is 0.432. The molecule has 5 heteroatoms. The summed E-state index contributed by atoms with van der Waals surface area (Å²) in [5.74, 6) is 0. The van der Waals surface area contributed by atoms with Crippen molar-refractivity contribution in [2.24, 2.45) is 0 Å². The van der Waals surface area contributed by atoms with Crippen LogP contribution in [-0.2, 0) is 15.5 Å². The van der Waals surface area contributed by atoms with Gasteiger partial charge in [0.2, 0.25) is 0 Å². The van der Waals surface area contributed by atoms with Crippen LogP contribution < -0.4 is 0 Å². The first-order valence-electron chi connectivity index (χ1n) is 2.10. The van der Waals surface area contributed by atoms with E-state index in [0.29, 0.717) is 12.8 Å². The van der Waals surface area contributed by atoms with Crippen LogP contribution in [0.15, 0.2) is 0 Å². The van der Waals surface area contributed by atoms with Crippen molar-refractivity contribution in [2.75, 3.05) is 0 Å². The molecule has 1 saturated carbocycles. The van der Waals surface area contributed by atoms with E-state index in [1.165, 1.54) is 0 Å². The van der Waals surface area contributed by atoms with Gasteiger partial charge in [-0.05, 0) is 12.8 Å². The minimum Gasteiger partial charge on any atom is -0.750 e. The van der Waals surface area contributed by atoms with Crippen molar-refractivity contribution in [1.29, 1.82) is 0 Å². The highest BCUT2D eigenvalue weighted by molar-refractivity contribution is 7.74.